The Morgan fingerprint density at radius 3 is 1.43 bits per heavy atom. The van der Waals surface area contributed by atoms with Crippen molar-refractivity contribution in [2.24, 2.45) is 23.7 Å². The highest BCUT2D eigenvalue weighted by Gasteiger charge is 2.61. The summed E-state index contributed by atoms with van der Waals surface area (Å²) in [4.78, 5) is 23.9. The summed E-state index contributed by atoms with van der Waals surface area (Å²) >= 11 is 28.6. The Morgan fingerprint density at radius 1 is 0.654 bits per heavy atom. The molecule has 0 aliphatic heterocycles. The molecule has 4 unspecified atom stereocenters. The third kappa shape index (κ3) is 9.67. The molecule has 0 saturated heterocycles. The monoisotopic (exact) mass is 1210 g/mol. The van der Waals surface area contributed by atoms with Gasteiger partial charge in [0, 0.05) is 38.8 Å². The lowest BCUT2D eigenvalue weighted by Crippen LogP contribution is -2.49. The first kappa shape index (κ1) is 55.1. The van der Waals surface area contributed by atoms with Gasteiger partial charge in [-0.15, -0.1) is 22.7 Å². The number of benzene rings is 4. The van der Waals surface area contributed by atoms with Crippen molar-refractivity contribution < 1.29 is 47.4 Å². The number of aromatic carboxylic acids is 1. The first-order valence-electron chi connectivity index (χ1n) is 27.2. The SMILES string of the molecule is CC1(OCc2c(-c3c(Cl)cccc3Cl)noc2C2CC2)C[C@H]2CC[C@@H](C1)C2(O)c1nc2c(F)cc(C(=O)O)cc2s1.[C-]#[N+]c1cc(F)c2nc(C3(O)[C@@H]4CC[C@H]3CC(C)(OCc3c(-c5c(Cl)cccc5Cl)noc3C3CC3)C4)sc2c1. The second kappa shape index (κ2) is 20.6. The molecule has 0 spiro atoms. The predicted molar refractivity (Wildman–Crippen MR) is 305 cm³/mol. The van der Waals surface area contributed by atoms with Crippen molar-refractivity contribution in [3.8, 4) is 22.5 Å². The molecule has 8 atom stereocenters. The summed E-state index contributed by atoms with van der Waals surface area (Å²) in [6.07, 6.45) is 9.87. The van der Waals surface area contributed by atoms with Crippen molar-refractivity contribution in [3.63, 3.8) is 0 Å². The van der Waals surface area contributed by atoms with E-state index in [1.807, 2.05) is 0 Å². The van der Waals surface area contributed by atoms with E-state index < -0.39 is 40.0 Å². The van der Waals surface area contributed by atoms with Crippen molar-refractivity contribution in [2.75, 3.05) is 0 Å². The fraction of sp³-hybridized carbons (Fsp3) is 0.433. The number of carbonyl (C=O) groups is 1. The smallest absolute Gasteiger partial charge is 0.335 e. The molecular formula is C60H53Cl4F2N5O8S2. The first-order chi connectivity index (χ1) is 38.8. The highest BCUT2D eigenvalue weighted by molar-refractivity contribution is 7.19. The van der Waals surface area contributed by atoms with Crippen molar-refractivity contribution >= 4 is 101 Å². The van der Waals surface area contributed by atoms with Crippen LogP contribution in [-0.2, 0) is 33.9 Å². The van der Waals surface area contributed by atoms with Gasteiger partial charge in [0.25, 0.3) is 0 Å². The number of ether oxygens (including phenoxy) is 2. The summed E-state index contributed by atoms with van der Waals surface area (Å²) in [5.41, 5.74) is 1.23. The van der Waals surface area contributed by atoms with Gasteiger partial charge in [-0.1, -0.05) is 68.8 Å². The zero-order valence-corrected chi connectivity index (χ0v) is 48.5. The molecule has 6 aliphatic carbocycles. The highest BCUT2D eigenvalue weighted by atomic mass is 35.5. The fourth-order valence-electron chi connectivity index (χ4n) is 13.7. The van der Waals surface area contributed by atoms with Crippen molar-refractivity contribution in [1.82, 2.24) is 20.3 Å². The topological polar surface area (TPSA) is 178 Å². The number of aromatic nitrogens is 4. The number of rotatable bonds is 13. The zero-order valence-electron chi connectivity index (χ0n) is 43.8. The highest BCUT2D eigenvalue weighted by Crippen LogP contribution is 2.62. The van der Waals surface area contributed by atoms with Gasteiger partial charge < -0.3 is 33.8 Å². The molecule has 6 fully saturated rings. The molecule has 6 saturated carbocycles. The number of thiazole rings is 2. The van der Waals surface area contributed by atoms with Gasteiger partial charge in [-0.25, -0.2) is 28.4 Å². The number of carboxylic acid groups (broad SMARTS) is 1. The van der Waals surface area contributed by atoms with Gasteiger partial charge in [0.05, 0.1) is 61.3 Å². The van der Waals surface area contributed by atoms with Crippen LogP contribution in [0.3, 0.4) is 0 Å². The van der Waals surface area contributed by atoms with Crippen LogP contribution in [0.15, 0.2) is 69.7 Å². The number of carboxylic acids is 1. The molecule has 81 heavy (non-hydrogen) atoms. The Bertz CT molecular complexity index is 3820. The van der Waals surface area contributed by atoms with Crippen LogP contribution in [0.2, 0.25) is 20.1 Å². The quantitative estimate of drug-likeness (QED) is 0.0932. The lowest BCUT2D eigenvalue weighted by Gasteiger charge is -2.46. The van der Waals surface area contributed by atoms with E-state index in [4.69, 9.17) is 71.5 Å². The van der Waals surface area contributed by atoms with E-state index in [9.17, 15) is 28.9 Å². The lowest BCUT2D eigenvalue weighted by molar-refractivity contribution is -0.158. The summed E-state index contributed by atoms with van der Waals surface area (Å²) in [5.74, 6) is -0.603. The van der Waals surface area contributed by atoms with Crippen LogP contribution in [0.1, 0.15) is 146 Å². The van der Waals surface area contributed by atoms with Crippen molar-refractivity contribution in [3.05, 3.63) is 142 Å². The summed E-state index contributed by atoms with van der Waals surface area (Å²) in [6.45, 7) is 12.0. The molecule has 0 amide bonds. The summed E-state index contributed by atoms with van der Waals surface area (Å²) in [6, 6.07) is 16.0. The van der Waals surface area contributed by atoms with Crippen LogP contribution < -0.4 is 0 Å². The number of nitrogens with zero attached hydrogens (tertiary/aromatic N) is 5. The van der Waals surface area contributed by atoms with Crippen LogP contribution >= 0.6 is 69.1 Å². The van der Waals surface area contributed by atoms with Crippen molar-refractivity contribution in [2.45, 2.75) is 138 Å². The Kier molecular flexibility index (Phi) is 14.0. The molecule has 4 aromatic carbocycles. The molecule has 3 N–H and O–H groups in total. The maximum atomic E-state index is 14.7. The third-order valence-corrected chi connectivity index (χ3v) is 21.5. The van der Waals surface area contributed by atoms with Gasteiger partial charge in [0.15, 0.2) is 11.5 Å². The lowest BCUT2D eigenvalue weighted by atomic mass is 9.68. The molecule has 4 aromatic heterocycles. The minimum Gasteiger partial charge on any atom is -0.478 e. The predicted octanol–water partition coefficient (Wildman–Crippen LogP) is 16.8. The Balaban J connectivity index is 0.000000153. The summed E-state index contributed by atoms with van der Waals surface area (Å²) in [7, 11) is 0. The molecule has 8 aromatic rings. The van der Waals surface area contributed by atoms with E-state index in [0.717, 1.165) is 80.1 Å². The number of fused-ring (bicyclic) bond motifs is 6. The van der Waals surface area contributed by atoms with Crippen LogP contribution in [0.5, 0.6) is 0 Å². The average Bonchev–Trinajstić information content (AvgIpc) is 4.42. The van der Waals surface area contributed by atoms with Crippen LogP contribution in [0.25, 0.3) is 47.8 Å². The molecule has 21 heteroatoms. The molecule has 13 nitrogen and oxygen atoms in total. The van der Waals surface area contributed by atoms with Crippen LogP contribution in [-0.4, -0.2) is 52.8 Å². The molecule has 4 heterocycles. The van der Waals surface area contributed by atoms with Gasteiger partial charge in [-0.2, -0.15) is 0 Å². The van der Waals surface area contributed by atoms with Gasteiger partial charge in [-0.05, 0) is 163 Å². The van der Waals surface area contributed by atoms with E-state index >= 15 is 0 Å². The number of halogens is 6. The van der Waals surface area contributed by atoms with Gasteiger partial charge in [0.1, 0.15) is 61.0 Å². The largest absolute Gasteiger partial charge is 0.478 e. The van der Waals surface area contributed by atoms with Gasteiger partial charge in [-0.3, -0.25) is 0 Å². The van der Waals surface area contributed by atoms with E-state index in [2.05, 4.69) is 39.0 Å². The molecule has 4 bridgehead atoms. The van der Waals surface area contributed by atoms with Crippen LogP contribution in [0.4, 0.5) is 14.5 Å². The van der Waals surface area contributed by atoms with E-state index in [1.54, 1.807) is 42.5 Å². The van der Waals surface area contributed by atoms with Gasteiger partial charge in [0.2, 0.25) is 0 Å². The molecule has 14 rings (SSSR count). The van der Waals surface area contributed by atoms with E-state index in [1.165, 1.54) is 34.8 Å². The molecule has 0 radical (unpaired) electrons. The van der Waals surface area contributed by atoms with Gasteiger partial charge >= 0.3 is 5.97 Å². The van der Waals surface area contributed by atoms with Crippen LogP contribution in [0, 0.1) is 41.9 Å². The molecular weight excluding hydrogens is 1160 g/mol. The standard InChI is InChI=1S/C30H26Cl2FN3O3S.C30H27Cl2FN2O5S/c1-29(38-14-19-25(36-39-27(19)15-6-7-15)24-20(31)4-3-5-21(24)32)12-16-8-9-17(13-29)30(16,37)28-35-26-22(33)10-18(34-2)11-23(26)40-28;1-29(39-13-18-24(35-40-26(18)14-5-6-14)23-19(31)3-2-4-20(23)32)11-16-7-8-17(12-29)30(16,38)28-34-25-21(33)9-15(27(36)37)10-22(25)41-28/h3-5,10-11,15-17,37H,6-9,12-14H2,1H3;2-4,9-10,14,16-17,38H,5-8,11-13H2,1H3,(H,36,37)/t2*16-,17+,29?,30?. The molecule has 6 aliphatic rings. The minimum absolute atomic E-state index is 0.0805. The second-order valence-electron chi connectivity index (χ2n) is 23.4. The van der Waals surface area contributed by atoms with Crippen molar-refractivity contribution in [1.29, 1.82) is 0 Å². The maximum absolute atomic E-state index is 14.7. The summed E-state index contributed by atoms with van der Waals surface area (Å²) in [5, 5.41) is 45.2. The number of hydrogen-bond donors (Lipinski definition) is 3. The summed E-state index contributed by atoms with van der Waals surface area (Å²) < 4.78 is 55.4. The zero-order chi connectivity index (χ0) is 56.5. The number of hydrogen-bond acceptors (Lipinski definition) is 13. The average molecular weight is 1220 g/mol. The Morgan fingerprint density at radius 2 is 1.05 bits per heavy atom. The maximum Gasteiger partial charge on any atom is 0.335 e. The second-order valence-corrected chi connectivity index (χ2v) is 27.1. The Labute approximate surface area is 492 Å². The third-order valence-electron chi connectivity index (χ3n) is 17.9. The fourth-order valence-corrected chi connectivity index (χ4v) is 17.3. The Hall–Kier alpha value is -5.10. The minimum atomic E-state index is -1.23. The molecule has 420 valence electrons. The van der Waals surface area contributed by atoms with E-state index in [0.29, 0.717) is 106 Å². The first-order valence-corrected chi connectivity index (χ1v) is 30.3. The normalized spacial score (nSPS) is 27.7. The number of aliphatic hydroxyl groups is 2. The van der Waals surface area contributed by atoms with E-state index in [-0.39, 0.29) is 52.6 Å².